The van der Waals surface area contributed by atoms with Gasteiger partial charge in [-0.3, -0.25) is 0 Å². The molecule has 20 heavy (non-hydrogen) atoms. The molecule has 0 aliphatic heterocycles. The van der Waals surface area contributed by atoms with Crippen LogP contribution in [0.1, 0.15) is 35.2 Å². The van der Waals surface area contributed by atoms with Crippen LogP contribution in [0.25, 0.3) is 0 Å². The van der Waals surface area contributed by atoms with Crippen LogP contribution in [-0.4, -0.2) is 0 Å². The van der Waals surface area contributed by atoms with Crippen molar-refractivity contribution >= 4 is 39.9 Å². The number of benzene rings is 2. The van der Waals surface area contributed by atoms with E-state index in [1.165, 1.54) is 22.3 Å². The van der Waals surface area contributed by atoms with Crippen molar-refractivity contribution in [2.75, 3.05) is 5.32 Å². The predicted octanol–water partition coefficient (Wildman–Crippen LogP) is 6.04. The average molecular weight is 400 g/mol. The van der Waals surface area contributed by atoms with Crippen molar-refractivity contribution in [3.63, 3.8) is 0 Å². The quantitative estimate of drug-likeness (QED) is 0.620. The molecule has 0 spiro atoms. The Labute approximate surface area is 139 Å². The maximum atomic E-state index is 6.30. The summed E-state index contributed by atoms with van der Waals surface area (Å²) in [7, 11) is 0. The van der Waals surface area contributed by atoms with E-state index in [-0.39, 0.29) is 6.04 Å². The molecule has 0 aliphatic carbocycles. The summed E-state index contributed by atoms with van der Waals surface area (Å²) in [5.74, 6) is 0. The van der Waals surface area contributed by atoms with Gasteiger partial charge in [0.05, 0.1) is 10.7 Å². The van der Waals surface area contributed by atoms with E-state index in [4.69, 9.17) is 11.6 Å². The Hall–Kier alpha value is -0.740. The van der Waals surface area contributed by atoms with E-state index in [1.807, 2.05) is 12.1 Å². The molecule has 1 nitrogen and oxygen atoms in total. The maximum Gasteiger partial charge on any atom is 0.0648 e. The molecule has 0 aliphatic rings. The summed E-state index contributed by atoms with van der Waals surface area (Å²) in [5.41, 5.74) is 6.29. The van der Waals surface area contributed by atoms with E-state index in [0.29, 0.717) is 0 Å². The number of hydrogen-bond donors (Lipinski definition) is 1. The lowest BCUT2D eigenvalue weighted by molar-refractivity contribution is 0.862. The monoisotopic (exact) mass is 399 g/mol. The lowest BCUT2D eigenvalue weighted by Gasteiger charge is -2.21. The van der Waals surface area contributed by atoms with Gasteiger partial charge in [-0.15, -0.1) is 0 Å². The number of aryl methyl sites for hydroxylation is 3. The molecular formula is C17H19ClIN. The summed E-state index contributed by atoms with van der Waals surface area (Å²) in [4.78, 5) is 0. The Bertz CT molecular complexity index is 614. The van der Waals surface area contributed by atoms with Gasteiger partial charge in [0, 0.05) is 9.61 Å². The van der Waals surface area contributed by atoms with Crippen LogP contribution >= 0.6 is 34.2 Å². The molecule has 1 atom stereocenters. The summed E-state index contributed by atoms with van der Waals surface area (Å²) in [6, 6.07) is 10.8. The number of hydrogen-bond acceptors (Lipinski definition) is 1. The first-order chi connectivity index (χ1) is 9.38. The van der Waals surface area contributed by atoms with Crippen LogP contribution in [0.3, 0.4) is 0 Å². The molecule has 3 heteroatoms. The van der Waals surface area contributed by atoms with Crippen molar-refractivity contribution in [3.05, 3.63) is 61.2 Å². The molecule has 0 heterocycles. The molecule has 0 fully saturated rings. The van der Waals surface area contributed by atoms with E-state index < -0.39 is 0 Å². The van der Waals surface area contributed by atoms with E-state index in [1.54, 1.807) is 0 Å². The van der Waals surface area contributed by atoms with Gasteiger partial charge >= 0.3 is 0 Å². The van der Waals surface area contributed by atoms with Gasteiger partial charge in [-0.25, -0.2) is 0 Å². The van der Waals surface area contributed by atoms with E-state index in [2.05, 4.69) is 73.8 Å². The number of halogens is 2. The summed E-state index contributed by atoms with van der Waals surface area (Å²) in [5, 5.41) is 4.29. The molecule has 0 radical (unpaired) electrons. The standard InChI is InChI=1S/C17H19ClIN/c1-10-7-11(2)17(12(3)8-10)13(4)20-16-6-5-14(19)9-15(16)18/h5-9,13,20H,1-4H3. The minimum absolute atomic E-state index is 0.230. The molecule has 0 saturated heterocycles. The third-order valence-corrected chi connectivity index (χ3v) is 4.46. The molecule has 1 unspecified atom stereocenters. The van der Waals surface area contributed by atoms with Crippen LogP contribution in [0, 0.1) is 24.3 Å². The number of nitrogens with one attached hydrogen (secondary N) is 1. The van der Waals surface area contributed by atoms with Crippen molar-refractivity contribution in [2.45, 2.75) is 33.7 Å². The summed E-state index contributed by atoms with van der Waals surface area (Å²) >= 11 is 8.57. The molecule has 0 aromatic heterocycles. The van der Waals surface area contributed by atoms with Crippen LogP contribution in [-0.2, 0) is 0 Å². The average Bonchev–Trinajstić information content (AvgIpc) is 2.31. The number of rotatable bonds is 3. The van der Waals surface area contributed by atoms with Gasteiger partial charge in [-0.05, 0) is 85.2 Å². The van der Waals surface area contributed by atoms with Gasteiger partial charge in [0.1, 0.15) is 0 Å². The lowest BCUT2D eigenvalue weighted by Crippen LogP contribution is -2.10. The fraction of sp³-hybridized carbons (Fsp3) is 0.294. The Morgan fingerprint density at radius 2 is 1.65 bits per heavy atom. The van der Waals surface area contributed by atoms with Crippen molar-refractivity contribution in [1.82, 2.24) is 0 Å². The minimum atomic E-state index is 0.230. The van der Waals surface area contributed by atoms with Gasteiger partial charge in [0.2, 0.25) is 0 Å². The molecule has 0 amide bonds. The van der Waals surface area contributed by atoms with Crippen molar-refractivity contribution in [1.29, 1.82) is 0 Å². The fourth-order valence-corrected chi connectivity index (χ4v) is 3.70. The smallest absolute Gasteiger partial charge is 0.0648 e. The largest absolute Gasteiger partial charge is 0.377 e. The van der Waals surface area contributed by atoms with Crippen molar-refractivity contribution in [2.24, 2.45) is 0 Å². The first-order valence-electron chi connectivity index (χ1n) is 6.68. The molecule has 2 rings (SSSR count). The zero-order chi connectivity index (χ0) is 14.9. The molecule has 2 aromatic rings. The highest BCUT2D eigenvalue weighted by Crippen LogP contribution is 2.30. The second kappa shape index (κ2) is 6.35. The second-order valence-corrected chi connectivity index (χ2v) is 6.96. The van der Waals surface area contributed by atoms with Crippen molar-refractivity contribution in [3.8, 4) is 0 Å². The van der Waals surface area contributed by atoms with Gasteiger partial charge in [-0.1, -0.05) is 29.3 Å². The first-order valence-corrected chi connectivity index (χ1v) is 8.13. The number of anilines is 1. The third-order valence-electron chi connectivity index (χ3n) is 3.47. The SMILES string of the molecule is Cc1cc(C)c(C(C)Nc2ccc(I)cc2Cl)c(C)c1. The molecule has 1 N–H and O–H groups in total. The Morgan fingerprint density at radius 1 is 1.05 bits per heavy atom. The highest BCUT2D eigenvalue weighted by molar-refractivity contribution is 14.1. The zero-order valence-electron chi connectivity index (χ0n) is 12.2. The topological polar surface area (TPSA) is 12.0 Å². The molecule has 2 aromatic carbocycles. The Morgan fingerprint density at radius 3 is 2.20 bits per heavy atom. The predicted molar refractivity (Wildman–Crippen MR) is 96.9 cm³/mol. The van der Waals surface area contributed by atoms with Crippen LogP contribution in [0.5, 0.6) is 0 Å². The third kappa shape index (κ3) is 3.47. The highest BCUT2D eigenvalue weighted by Gasteiger charge is 2.13. The second-order valence-electron chi connectivity index (χ2n) is 5.30. The lowest BCUT2D eigenvalue weighted by atomic mass is 9.95. The zero-order valence-corrected chi connectivity index (χ0v) is 15.1. The van der Waals surface area contributed by atoms with Crippen LogP contribution < -0.4 is 5.32 Å². The highest BCUT2D eigenvalue weighted by atomic mass is 127. The first kappa shape index (κ1) is 15.6. The van der Waals surface area contributed by atoms with Crippen molar-refractivity contribution < 1.29 is 0 Å². The minimum Gasteiger partial charge on any atom is -0.377 e. The molecule has 0 saturated carbocycles. The maximum absolute atomic E-state index is 6.30. The summed E-state index contributed by atoms with van der Waals surface area (Å²) < 4.78 is 1.15. The molecular weight excluding hydrogens is 381 g/mol. The van der Waals surface area contributed by atoms with Gasteiger partial charge in [0.15, 0.2) is 0 Å². The Kier molecular flexibility index (Phi) is 4.97. The van der Waals surface area contributed by atoms with E-state index >= 15 is 0 Å². The van der Waals surface area contributed by atoms with Crippen LogP contribution in [0.15, 0.2) is 30.3 Å². The summed E-state index contributed by atoms with van der Waals surface area (Å²) in [6.45, 7) is 8.66. The molecule has 106 valence electrons. The van der Waals surface area contributed by atoms with Crippen LogP contribution in [0.4, 0.5) is 5.69 Å². The molecule has 0 bridgehead atoms. The van der Waals surface area contributed by atoms with E-state index in [9.17, 15) is 0 Å². The fourth-order valence-electron chi connectivity index (χ4n) is 2.79. The van der Waals surface area contributed by atoms with E-state index in [0.717, 1.165) is 14.3 Å². The van der Waals surface area contributed by atoms with Gasteiger partial charge in [0.25, 0.3) is 0 Å². The summed E-state index contributed by atoms with van der Waals surface area (Å²) in [6.07, 6.45) is 0. The normalized spacial score (nSPS) is 12.3. The van der Waals surface area contributed by atoms with Crippen LogP contribution in [0.2, 0.25) is 5.02 Å². The van der Waals surface area contributed by atoms with Gasteiger partial charge < -0.3 is 5.32 Å². The van der Waals surface area contributed by atoms with Gasteiger partial charge in [-0.2, -0.15) is 0 Å². The Balaban J connectivity index is 2.31.